The first-order chi connectivity index (χ1) is 8.69. The van der Waals surface area contributed by atoms with Crippen molar-refractivity contribution in [2.45, 2.75) is 26.8 Å². The number of benzene rings is 1. The number of aryl methyl sites for hydroxylation is 1. The quantitative estimate of drug-likeness (QED) is 0.825. The fourth-order valence-electron chi connectivity index (χ4n) is 1.78. The first-order valence-electron chi connectivity index (χ1n) is 6.12. The summed E-state index contributed by atoms with van der Waals surface area (Å²) in [6.45, 7) is 5.48. The number of oxazole rings is 1. The van der Waals surface area contributed by atoms with Crippen molar-refractivity contribution in [2.24, 2.45) is 0 Å². The zero-order valence-corrected chi connectivity index (χ0v) is 10.7. The molecule has 0 aliphatic heterocycles. The zero-order chi connectivity index (χ0) is 13.0. The Morgan fingerprint density at radius 3 is 2.89 bits per heavy atom. The molecule has 1 heterocycles. The van der Waals surface area contributed by atoms with Gasteiger partial charge in [-0.3, -0.25) is 0 Å². The van der Waals surface area contributed by atoms with Crippen LogP contribution in [0.3, 0.4) is 0 Å². The molecule has 0 bridgehead atoms. The molecule has 0 saturated heterocycles. The van der Waals surface area contributed by atoms with Gasteiger partial charge in [-0.05, 0) is 43.7 Å². The van der Waals surface area contributed by atoms with E-state index in [9.17, 15) is 4.39 Å². The van der Waals surface area contributed by atoms with Gasteiger partial charge in [0.25, 0.3) is 0 Å². The van der Waals surface area contributed by atoms with Crippen LogP contribution in [-0.2, 0) is 6.54 Å². The lowest BCUT2D eigenvalue weighted by molar-refractivity contribution is 0.477. The van der Waals surface area contributed by atoms with Gasteiger partial charge in [-0.2, -0.15) is 0 Å². The van der Waals surface area contributed by atoms with E-state index >= 15 is 0 Å². The summed E-state index contributed by atoms with van der Waals surface area (Å²) in [6, 6.07) is 4.83. The van der Waals surface area contributed by atoms with Gasteiger partial charge in [-0.15, -0.1) is 0 Å². The Morgan fingerprint density at radius 2 is 2.17 bits per heavy atom. The minimum Gasteiger partial charge on any atom is -0.439 e. The molecular formula is C14H17FN2O. The van der Waals surface area contributed by atoms with Crippen molar-refractivity contribution in [2.75, 3.05) is 6.54 Å². The Balaban J connectivity index is 2.13. The molecule has 1 N–H and O–H groups in total. The molecule has 0 atom stereocenters. The smallest absolute Gasteiger partial charge is 0.208 e. The number of nitrogens with zero attached hydrogens (tertiary/aromatic N) is 1. The van der Waals surface area contributed by atoms with Crippen LogP contribution in [-0.4, -0.2) is 11.5 Å². The van der Waals surface area contributed by atoms with Crippen molar-refractivity contribution in [3.05, 3.63) is 41.7 Å². The van der Waals surface area contributed by atoms with E-state index in [0.29, 0.717) is 18.2 Å². The second-order valence-electron chi connectivity index (χ2n) is 4.31. The number of hydrogen-bond donors (Lipinski definition) is 1. The second kappa shape index (κ2) is 5.78. The van der Waals surface area contributed by atoms with E-state index in [1.165, 1.54) is 12.1 Å². The minimum absolute atomic E-state index is 0.257. The van der Waals surface area contributed by atoms with Crippen LogP contribution >= 0.6 is 0 Å². The van der Waals surface area contributed by atoms with Crippen LogP contribution in [0.15, 0.2) is 28.8 Å². The lowest BCUT2D eigenvalue weighted by atomic mass is 10.1. The van der Waals surface area contributed by atoms with E-state index in [0.717, 1.165) is 24.1 Å². The summed E-state index contributed by atoms with van der Waals surface area (Å²) in [4.78, 5) is 4.17. The summed E-state index contributed by atoms with van der Waals surface area (Å²) in [5.74, 6) is 0.971. The number of nitrogens with one attached hydrogen (secondary N) is 1. The van der Waals surface area contributed by atoms with Crippen molar-refractivity contribution in [1.29, 1.82) is 0 Å². The highest BCUT2D eigenvalue weighted by molar-refractivity contribution is 5.57. The largest absolute Gasteiger partial charge is 0.439 e. The van der Waals surface area contributed by atoms with Crippen LogP contribution in [0.5, 0.6) is 0 Å². The van der Waals surface area contributed by atoms with Gasteiger partial charge in [0.1, 0.15) is 5.82 Å². The average molecular weight is 248 g/mol. The standard InChI is InChI=1S/C14H17FN2O/c1-3-4-16-9-14-17-8-13(18-14)11-5-10(2)6-12(15)7-11/h5-8,16H,3-4,9H2,1-2H3. The number of aromatic nitrogens is 1. The maximum Gasteiger partial charge on any atom is 0.208 e. The minimum atomic E-state index is -0.257. The normalized spacial score (nSPS) is 10.8. The van der Waals surface area contributed by atoms with Crippen LogP contribution in [0.25, 0.3) is 11.3 Å². The Labute approximate surface area is 106 Å². The van der Waals surface area contributed by atoms with Crippen LogP contribution in [0.4, 0.5) is 4.39 Å². The molecule has 1 aromatic carbocycles. The summed E-state index contributed by atoms with van der Waals surface area (Å²) >= 11 is 0. The first-order valence-corrected chi connectivity index (χ1v) is 6.12. The van der Waals surface area contributed by atoms with Crippen LogP contribution < -0.4 is 5.32 Å². The lowest BCUT2D eigenvalue weighted by Gasteiger charge is -2.00. The SMILES string of the molecule is CCCNCc1ncc(-c2cc(C)cc(F)c2)o1. The lowest BCUT2D eigenvalue weighted by Crippen LogP contribution is -2.13. The number of halogens is 1. The molecule has 0 radical (unpaired) electrons. The van der Waals surface area contributed by atoms with E-state index in [4.69, 9.17) is 4.42 Å². The zero-order valence-electron chi connectivity index (χ0n) is 10.7. The molecule has 2 rings (SSSR count). The number of hydrogen-bond acceptors (Lipinski definition) is 3. The fraction of sp³-hybridized carbons (Fsp3) is 0.357. The van der Waals surface area contributed by atoms with Gasteiger partial charge in [0.15, 0.2) is 5.76 Å². The van der Waals surface area contributed by atoms with Gasteiger partial charge < -0.3 is 9.73 Å². The molecule has 18 heavy (non-hydrogen) atoms. The molecule has 1 aromatic heterocycles. The van der Waals surface area contributed by atoms with E-state index in [1.54, 1.807) is 6.20 Å². The summed E-state index contributed by atoms with van der Waals surface area (Å²) < 4.78 is 18.9. The van der Waals surface area contributed by atoms with Crippen LogP contribution in [0.2, 0.25) is 0 Å². The summed E-state index contributed by atoms with van der Waals surface area (Å²) in [7, 11) is 0. The predicted octanol–water partition coefficient (Wildman–Crippen LogP) is 3.29. The fourth-order valence-corrected chi connectivity index (χ4v) is 1.78. The Bertz CT molecular complexity index is 502. The molecule has 0 saturated carbocycles. The third kappa shape index (κ3) is 3.17. The first kappa shape index (κ1) is 12.8. The molecule has 4 heteroatoms. The second-order valence-corrected chi connectivity index (χ2v) is 4.31. The van der Waals surface area contributed by atoms with Crippen molar-refractivity contribution in [3.63, 3.8) is 0 Å². The van der Waals surface area contributed by atoms with E-state index in [-0.39, 0.29) is 5.82 Å². The predicted molar refractivity (Wildman–Crippen MR) is 68.6 cm³/mol. The molecule has 0 amide bonds. The Kier molecular flexibility index (Phi) is 4.10. The van der Waals surface area contributed by atoms with Gasteiger partial charge in [-0.1, -0.05) is 6.92 Å². The van der Waals surface area contributed by atoms with Gasteiger partial charge >= 0.3 is 0 Å². The maximum atomic E-state index is 13.3. The van der Waals surface area contributed by atoms with Crippen LogP contribution in [0.1, 0.15) is 24.8 Å². The summed E-state index contributed by atoms with van der Waals surface area (Å²) in [6.07, 6.45) is 2.70. The van der Waals surface area contributed by atoms with Gasteiger partial charge in [-0.25, -0.2) is 9.37 Å². The van der Waals surface area contributed by atoms with Crippen LogP contribution in [0, 0.1) is 12.7 Å². The molecular weight excluding hydrogens is 231 g/mol. The highest BCUT2D eigenvalue weighted by atomic mass is 19.1. The molecule has 0 spiro atoms. The third-order valence-corrected chi connectivity index (χ3v) is 2.58. The summed E-state index contributed by atoms with van der Waals surface area (Å²) in [5, 5.41) is 3.21. The molecule has 96 valence electrons. The highest BCUT2D eigenvalue weighted by Gasteiger charge is 2.07. The van der Waals surface area contributed by atoms with Crippen molar-refractivity contribution in [3.8, 4) is 11.3 Å². The van der Waals surface area contributed by atoms with E-state index in [1.807, 2.05) is 13.0 Å². The Morgan fingerprint density at radius 1 is 1.33 bits per heavy atom. The third-order valence-electron chi connectivity index (χ3n) is 2.58. The average Bonchev–Trinajstić information content (AvgIpc) is 2.77. The van der Waals surface area contributed by atoms with Crippen molar-refractivity contribution in [1.82, 2.24) is 10.3 Å². The monoisotopic (exact) mass is 248 g/mol. The summed E-state index contributed by atoms with van der Waals surface area (Å²) in [5.41, 5.74) is 1.59. The van der Waals surface area contributed by atoms with Gasteiger partial charge in [0.05, 0.1) is 12.7 Å². The molecule has 3 nitrogen and oxygen atoms in total. The van der Waals surface area contributed by atoms with Gasteiger partial charge in [0, 0.05) is 5.56 Å². The maximum absolute atomic E-state index is 13.3. The molecule has 0 unspecified atom stereocenters. The molecule has 0 fully saturated rings. The van der Waals surface area contributed by atoms with E-state index in [2.05, 4.69) is 17.2 Å². The van der Waals surface area contributed by atoms with Crippen molar-refractivity contribution >= 4 is 0 Å². The molecule has 0 aliphatic carbocycles. The number of rotatable bonds is 5. The topological polar surface area (TPSA) is 38.1 Å². The Hall–Kier alpha value is -1.68. The van der Waals surface area contributed by atoms with E-state index < -0.39 is 0 Å². The molecule has 0 aliphatic rings. The highest BCUT2D eigenvalue weighted by Crippen LogP contribution is 2.22. The van der Waals surface area contributed by atoms with Gasteiger partial charge in [0.2, 0.25) is 5.89 Å². The molecule has 2 aromatic rings. The van der Waals surface area contributed by atoms with Crippen molar-refractivity contribution < 1.29 is 8.81 Å².